The fourth-order valence-corrected chi connectivity index (χ4v) is 3.30. The van der Waals surface area contributed by atoms with Crippen molar-refractivity contribution in [3.8, 4) is 11.5 Å². The Morgan fingerprint density at radius 1 is 1.04 bits per heavy atom. The van der Waals surface area contributed by atoms with Gasteiger partial charge in [0.1, 0.15) is 23.9 Å². The van der Waals surface area contributed by atoms with Crippen LogP contribution in [0.4, 0.5) is 4.39 Å². The molecule has 0 aromatic heterocycles. The molecule has 9 heteroatoms. The fourth-order valence-electron chi connectivity index (χ4n) is 2.27. The number of rotatable bonds is 11. The molecular formula is C19H23FN2O5S. The molecule has 0 saturated carbocycles. The summed E-state index contributed by atoms with van der Waals surface area (Å²) in [6.07, 6.45) is -0.0176. The Kier molecular flexibility index (Phi) is 8.21. The second kappa shape index (κ2) is 10.6. The molecule has 28 heavy (non-hydrogen) atoms. The first-order valence-electron chi connectivity index (χ1n) is 8.78. The molecule has 2 aromatic rings. The smallest absolute Gasteiger partial charge is 0.240 e. The third kappa shape index (κ3) is 7.16. The maximum absolute atomic E-state index is 13.0. The van der Waals surface area contributed by atoms with E-state index in [1.54, 1.807) is 18.2 Å². The molecular weight excluding hydrogens is 387 g/mol. The molecule has 0 aliphatic rings. The Labute approximate surface area is 163 Å². The van der Waals surface area contributed by atoms with Crippen LogP contribution in [0.15, 0.2) is 53.4 Å². The molecule has 1 amide bonds. The first kappa shape index (κ1) is 21.6. The lowest BCUT2D eigenvalue weighted by Gasteiger charge is -2.09. The zero-order chi connectivity index (χ0) is 20.4. The number of sulfonamides is 1. The quantitative estimate of drug-likeness (QED) is 0.554. The molecule has 2 aromatic carbocycles. The highest BCUT2D eigenvalue weighted by Gasteiger charge is 2.14. The van der Waals surface area contributed by atoms with Crippen LogP contribution in [0.5, 0.6) is 11.5 Å². The van der Waals surface area contributed by atoms with Gasteiger partial charge in [-0.05, 0) is 43.3 Å². The largest absolute Gasteiger partial charge is 0.494 e. The summed E-state index contributed by atoms with van der Waals surface area (Å²) < 4.78 is 50.3. The number of amides is 1. The lowest BCUT2D eigenvalue weighted by molar-refractivity contribution is -0.121. The Morgan fingerprint density at radius 3 is 2.46 bits per heavy atom. The number of ether oxygens (including phenoxy) is 2. The second-order valence-corrected chi connectivity index (χ2v) is 7.47. The minimum absolute atomic E-state index is 0.0176. The molecule has 0 fully saturated rings. The molecule has 2 N–H and O–H groups in total. The highest BCUT2D eigenvalue weighted by molar-refractivity contribution is 7.89. The van der Waals surface area contributed by atoms with Gasteiger partial charge in [0.05, 0.1) is 18.0 Å². The van der Waals surface area contributed by atoms with Crippen molar-refractivity contribution in [2.75, 3.05) is 26.3 Å². The first-order valence-corrected chi connectivity index (χ1v) is 10.3. The summed E-state index contributed by atoms with van der Waals surface area (Å²) in [5.41, 5.74) is 0. The Hall–Kier alpha value is -2.65. The third-order valence-electron chi connectivity index (χ3n) is 3.58. The number of benzene rings is 2. The number of carbonyl (C=O) groups is 1. The summed E-state index contributed by atoms with van der Waals surface area (Å²) in [6, 6.07) is 11.7. The Morgan fingerprint density at radius 2 is 1.79 bits per heavy atom. The van der Waals surface area contributed by atoms with E-state index in [-0.39, 0.29) is 36.9 Å². The topological polar surface area (TPSA) is 93.7 Å². The van der Waals surface area contributed by atoms with Crippen LogP contribution in [0.1, 0.15) is 13.3 Å². The molecule has 0 aliphatic carbocycles. The van der Waals surface area contributed by atoms with Crippen molar-refractivity contribution in [3.63, 3.8) is 0 Å². The van der Waals surface area contributed by atoms with Gasteiger partial charge >= 0.3 is 0 Å². The molecule has 0 bridgehead atoms. The van der Waals surface area contributed by atoms with E-state index in [1.807, 2.05) is 6.92 Å². The molecule has 2 rings (SSSR count). The lowest BCUT2D eigenvalue weighted by atomic mass is 10.3. The van der Waals surface area contributed by atoms with Crippen LogP contribution in [-0.4, -0.2) is 40.6 Å². The van der Waals surface area contributed by atoms with E-state index < -0.39 is 15.8 Å². The van der Waals surface area contributed by atoms with Crippen molar-refractivity contribution in [1.29, 1.82) is 0 Å². The van der Waals surface area contributed by atoms with Gasteiger partial charge in [-0.25, -0.2) is 17.5 Å². The summed E-state index contributed by atoms with van der Waals surface area (Å²) >= 11 is 0. The van der Waals surface area contributed by atoms with Gasteiger partial charge < -0.3 is 14.8 Å². The molecule has 152 valence electrons. The molecule has 7 nitrogen and oxygen atoms in total. The summed E-state index contributed by atoms with van der Waals surface area (Å²) in [5, 5.41) is 2.61. The van der Waals surface area contributed by atoms with E-state index in [2.05, 4.69) is 10.0 Å². The first-order chi connectivity index (χ1) is 13.4. The van der Waals surface area contributed by atoms with Crippen molar-refractivity contribution in [1.82, 2.24) is 10.0 Å². The molecule has 0 unspecified atom stereocenters. The molecule has 0 saturated heterocycles. The summed E-state index contributed by atoms with van der Waals surface area (Å²) in [6.45, 7) is 2.69. The molecule has 0 spiro atoms. The number of halogens is 1. The Balaban J connectivity index is 1.67. The summed E-state index contributed by atoms with van der Waals surface area (Å²) in [7, 11) is -3.70. The van der Waals surface area contributed by atoms with Crippen LogP contribution in [0.25, 0.3) is 0 Å². The minimum Gasteiger partial charge on any atom is -0.494 e. The van der Waals surface area contributed by atoms with Crippen LogP contribution >= 0.6 is 0 Å². The SMILES string of the molecule is CCOc1ccc(S(=O)(=O)NCCC(=O)NCCOc2cccc(F)c2)cc1. The van der Waals surface area contributed by atoms with Gasteiger partial charge in [0.15, 0.2) is 0 Å². The lowest BCUT2D eigenvalue weighted by Crippen LogP contribution is -2.32. The van der Waals surface area contributed by atoms with E-state index >= 15 is 0 Å². The van der Waals surface area contributed by atoms with Crippen molar-refractivity contribution in [2.45, 2.75) is 18.2 Å². The zero-order valence-corrected chi connectivity index (χ0v) is 16.3. The molecule has 0 aliphatic heterocycles. The number of carbonyl (C=O) groups excluding carboxylic acids is 1. The molecule has 0 atom stereocenters. The van der Waals surface area contributed by atoms with Crippen molar-refractivity contribution < 1.29 is 27.1 Å². The monoisotopic (exact) mass is 410 g/mol. The summed E-state index contributed by atoms with van der Waals surface area (Å²) in [4.78, 5) is 11.9. The summed E-state index contributed by atoms with van der Waals surface area (Å²) in [5.74, 6) is 0.234. The van der Waals surface area contributed by atoms with E-state index in [1.165, 1.54) is 30.3 Å². The second-order valence-electron chi connectivity index (χ2n) is 5.71. The standard InChI is InChI=1S/C19H23FN2O5S/c1-2-26-16-6-8-18(9-7-16)28(24,25)22-11-10-19(23)21-12-13-27-17-5-3-4-15(20)14-17/h3-9,14,22H,2,10-13H2,1H3,(H,21,23). The van der Waals surface area contributed by atoms with Gasteiger partial charge in [-0.3, -0.25) is 4.79 Å². The van der Waals surface area contributed by atoms with Crippen molar-refractivity contribution in [3.05, 3.63) is 54.3 Å². The predicted octanol–water partition coefficient (Wildman–Crippen LogP) is 2.09. The Bertz CT molecular complexity index is 872. The predicted molar refractivity (Wildman–Crippen MR) is 102 cm³/mol. The van der Waals surface area contributed by atoms with Crippen LogP contribution in [0.3, 0.4) is 0 Å². The molecule has 0 heterocycles. The third-order valence-corrected chi connectivity index (χ3v) is 5.06. The van der Waals surface area contributed by atoms with Gasteiger partial charge in [-0.1, -0.05) is 6.07 Å². The van der Waals surface area contributed by atoms with E-state index in [0.717, 1.165) is 0 Å². The van der Waals surface area contributed by atoms with E-state index in [4.69, 9.17) is 9.47 Å². The normalized spacial score (nSPS) is 11.1. The number of hydrogen-bond acceptors (Lipinski definition) is 5. The highest BCUT2D eigenvalue weighted by atomic mass is 32.2. The van der Waals surface area contributed by atoms with Gasteiger partial charge in [0.25, 0.3) is 0 Å². The van der Waals surface area contributed by atoms with Gasteiger partial charge in [-0.15, -0.1) is 0 Å². The average molecular weight is 410 g/mol. The van der Waals surface area contributed by atoms with Gasteiger partial charge in [0.2, 0.25) is 15.9 Å². The van der Waals surface area contributed by atoms with Crippen LogP contribution in [-0.2, 0) is 14.8 Å². The molecule has 0 radical (unpaired) electrons. The fraction of sp³-hybridized carbons (Fsp3) is 0.316. The van der Waals surface area contributed by atoms with E-state index in [9.17, 15) is 17.6 Å². The van der Waals surface area contributed by atoms with Crippen LogP contribution in [0, 0.1) is 5.82 Å². The van der Waals surface area contributed by atoms with Crippen molar-refractivity contribution >= 4 is 15.9 Å². The minimum atomic E-state index is -3.70. The van der Waals surface area contributed by atoms with E-state index in [0.29, 0.717) is 18.1 Å². The maximum Gasteiger partial charge on any atom is 0.240 e. The maximum atomic E-state index is 13.0. The number of nitrogens with one attached hydrogen (secondary N) is 2. The average Bonchev–Trinajstić information content (AvgIpc) is 2.66. The zero-order valence-electron chi connectivity index (χ0n) is 15.5. The van der Waals surface area contributed by atoms with Crippen LogP contribution < -0.4 is 19.5 Å². The van der Waals surface area contributed by atoms with Crippen LogP contribution in [0.2, 0.25) is 0 Å². The number of hydrogen-bond donors (Lipinski definition) is 2. The highest BCUT2D eigenvalue weighted by Crippen LogP contribution is 2.15. The van der Waals surface area contributed by atoms with Crippen molar-refractivity contribution in [2.24, 2.45) is 0 Å². The van der Waals surface area contributed by atoms with Gasteiger partial charge in [0, 0.05) is 19.0 Å². The van der Waals surface area contributed by atoms with Gasteiger partial charge in [-0.2, -0.15) is 0 Å².